The standard InChI is InChI=1S/C14H15BrN2O5/c1-17(13(18)11-5-6-22-16-11)12(14(19)20)9-7-8(21-2)3-4-10(9)15/h3-4,7,12H,5-6H2,1-2H3,(H,19,20). The number of hydrogen-bond donors (Lipinski definition) is 1. The highest BCUT2D eigenvalue weighted by molar-refractivity contribution is 9.10. The lowest BCUT2D eigenvalue weighted by Crippen LogP contribution is -2.39. The van der Waals surface area contributed by atoms with Crippen LogP contribution in [0.3, 0.4) is 0 Å². The Morgan fingerprint density at radius 2 is 2.23 bits per heavy atom. The number of halogens is 1. The van der Waals surface area contributed by atoms with Gasteiger partial charge in [0, 0.05) is 23.5 Å². The topological polar surface area (TPSA) is 88.4 Å². The van der Waals surface area contributed by atoms with E-state index in [1.165, 1.54) is 14.2 Å². The number of carboxylic acid groups (broad SMARTS) is 1. The summed E-state index contributed by atoms with van der Waals surface area (Å²) in [5.74, 6) is -1.12. The summed E-state index contributed by atoms with van der Waals surface area (Å²) in [4.78, 5) is 30.0. The SMILES string of the molecule is COc1ccc(Br)c(C(C(=O)O)N(C)C(=O)C2=NOCC2)c1. The maximum Gasteiger partial charge on any atom is 0.331 e. The molecule has 8 heteroatoms. The van der Waals surface area contributed by atoms with Crippen LogP contribution in [0.4, 0.5) is 0 Å². The number of hydrogen-bond acceptors (Lipinski definition) is 5. The summed E-state index contributed by atoms with van der Waals surface area (Å²) in [6.45, 7) is 0.329. The number of rotatable bonds is 5. The second-order valence-electron chi connectivity index (χ2n) is 4.67. The summed E-state index contributed by atoms with van der Waals surface area (Å²) in [6.07, 6.45) is 0.370. The fourth-order valence-corrected chi connectivity index (χ4v) is 2.61. The molecule has 118 valence electrons. The third kappa shape index (κ3) is 3.22. The molecule has 0 bridgehead atoms. The smallest absolute Gasteiger partial charge is 0.331 e. The van der Waals surface area contributed by atoms with Crippen LogP contribution in [0.2, 0.25) is 0 Å². The highest BCUT2D eigenvalue weighted by Gasteiger charge is 2.33. The van der Waals surface area contributed by atoms with Gasteiger partial charge in [0.05, 0.1) is 7.11 Å². The molecule has 1 N–H and O–H groups in total. The second-order valence-corrected chi connectivity index (χ2v) is 5.52. The van der Waals surface area contributed by atoms with Crippen LogP contribution >= 0.6 is 15.9 Å². The third-order valence-corrected chi connectivity index (χ3v) is 4.01. The largest absolute Gasteiger partial charge is 0.497 e. The van der Waals surface area contributed by atoms with Gasteiger partial charge >= 0.3 is 5.97 Å². The summed E-state index contributed by atoms with van der Waals surface area (Å²) < 4.78 is 5.69. The van der Waals surface area contributed by atoms with Crippen LogP contribution in [0.15, 0.2) is 27.8 Å². The number of nitrogens with zero attached hydrogens (tertiary/aromatic N) is 2. The minimum Gasteiger partial charge on any atom is -0.497 e. The molecule has 1 aromatic carbocycles. The highest BCUT2D eigenvalue weighted by Crippen LogP contribution is 2.31. The number of carboxylic acids is 1. The van der Waals surface area contributed by atoms with E-state index < -0.39 is 17.9 Å². The predicted octanol–water partition coefficient (Wildman–Crippen LogP) is 1.82. The number of carbonyl (C=O) groups excluding carboxylic acids is 1. The number of likely N-dealkylation sites (N-methyl/N-ethyl adjacent to an activating group) is 1. The van der Waals surface area contributed by atoms with Gasteiger partial charge in [-0.25, -0.2) is 4.79 Å². The molecule has 0 radical (unpaired) electrons. The molecular formula is C14H15BrN2O5. The van der Waals surface area contributed by atoms with Crippen LogP contribution in [0.1, 0.15) is 18.0 Å². The molecule has 1 unspecified atom stereocenters. The molecule has 7 nitrogen and oxygen atoms in total. The number of oxime groups is 1. The van der Waals surface area contributed by atoms with Crippen molar-refractivity contribution in [1.82, 2.24) is 4.90 Å². The van der Waals surface area contributed by atoms with Crippen LogP contribution in [0, 0.1) is 0 Å². The van der Waals surface area contributed by atoms with E-state index in [9.17, 15) is 14.7 Å². The van der Waals surface area contributed by atoms with Crippen LogP contribution in [0.25, 0.3) is 0 Å². The van der Waals surface area contributed by atoms with E-state index in [0.29, 0.717) is 28.8 Å². The minimum absolute atomic E-state index is 0.216. The van der Waals surface area contributed by atoms with Gasteiger partial charge in [-0.15, -0.1) is 0 Å². The molecule has 0 aliphatic carbocycles. The van der Waals surface area contributed by atoms with E-state index in [4.69, 9.17) is 9.57 Å². The van der Waals surface area contributed by atoms with Crippen LogP contribution in [-0.2, 0) is 14.4 Å². The van der Waals surface area contributed by atoms with Crippen LogP contribution in [0.5, 0.6) is 5.75 Å². The lowest BCUT2D eigenvalue weighted by molar-refractivity contribution is -0.147. The molecular weight excluding hydrogens is 356 g/mol. The van der Waals surface area contributed by atoms with Gasteiger partial charge in [0.2, 0.25) is 0 Å². The molecule has 1 amide bonds. The second kappa shape index (κ2) is 6.78. The van der Waals surface area contributed by atoms with E-state index >= 15 is 0 Å². The Hall–Kier alpha value is -2.09. The van der Waals surface area contributed by atoms with E-state index in [1.54, 1.807) is 18.2 Å². The third-order valence-electron chi connectivity index (χ3n) is 3.29. The van der Waals surface area contributed by atoms with Crippen molar-refractivity contribution in [2.75, 3.05) is 20.8 Å². The average Bonchev–Trinajstić information content (AvgIpc) is 3.02. The first-order valence-electron chi connectivity index (χ1n) is 6.48. The molecule has 0 aromatic heterocycles. The number of benzene rings is 1. The Labute approximate surface area is 135 Å². The molecule has 1 aliphatic heterocycles. The number of amides is 1. The molecule has 0 spiro atoms. The van der Waals surface area contributed by atoms with Crippen molar-refractivity contribution in [2.45, 2.75) is 12.5 Å². The molecule has 0 fully saturated rings. The fraction of sp³-hybridized carbons (Fsp3) is 0.357. The van der Waals surface area contributed by atoms with Gasteiger partial charge in [0.1, 0.15) is 18.1 Å². The molecule has 1 heterocycles. The lowest BCUT2D eigenvalue weighted by Gasteiger charge is -2.26. The zero-order chi connectivity index (χ0) is 16.3. The Morgan fingerprint density at radius 3 is 2.77 bits per heavy atom. The normalized spacial score (nSPS) is 14.8. The molecule has 1 atom stereocenters. The summed E-state index contributed by atoms with van der Waals surface area (Å²) in [5.41, 5.74) is 0.634. The van der Waals surface area contributed by atoms with E-state index in [1.807, 2.05) is 0 Å². The van der Waals surface area contributed by atoms with Crippen molar-refractivity contribution >= 4 is 33.5 Å². The van der Waals surface area contributed by atoms with Gasteiger partial charge in [-0.05, 0) is 18.2 Å². The molecule has 1 aliphatic rings. The maximum atomic E-state index is 12.3. The molecule has 22 heavy (non-hydrogen) atoms. The van der Waals surface area contributed by atoms with Crippen molar-refractivity contribution in [1.29, 1.82) is 0 Å². The molecule has 1 aromatic rings. The van der Waals surface area contributed by atoms with Crippen molar-refractivity contribution < 1.29 is 24.3 Å². The summed E-state index contributed by atoms with van der Waals surface area (Å²) in [6, 6.07) is 3.79. The highest BCUT2D eigenvalue weighted by atomic mass is 79.9. The molecule has 0 saturated carbocycles. The first-order chi connectivity index (χ1) is 10.5. The van der Waals surface area contributed by atoms with Gasteiger partial charge in [-0.2, -0.15) is 0 Å². The zero-order valence-electron chi connectivity index (χ0n) is 12.1. The van der Waals surface area contributed by atoms with Crippen molar-refractivity contribution in [3.63, 3.8) is 0 Å². The van der Waals surface area contributed by atoms with Crippen molar-refractivity contribution in [3.8, 4) is 5.75 Å². The Morgan fingerprint density at radius 1 is 1.50 bits per heavy atom. The van der Waals surface area contributed by atoms with Gasteiger partial charge in [-0.3, -0.25) is 4.79 Å². The quantitative estimate of drug-likeness (QED) is 0.853. The minimum atomic E-state index is -1.17. The Bertz CT molecular complexity index is 632. The number of methoxy groups -OCH3 is 1. The number of aliphatic carboxylic acids is 1. The lowest BCUT2D eigenvalue weighted by atomic mass is 10.0. The number of carbonyl (C=O) groups is 2. The summed E-state index contributed by atoms with van der Waals surface area (Å²) >= 11 is 3.32. The summed E-state index contributed by atoms with van der Waals surface area (Å²) in [5, 5.41) is 13.2. The van der Waals surface area contributed by atoms with E-state index in [0.717, 1.165) is 4.90 Å². The van der Waals surface area contributed by atoms with Gasteiger partial charge in [0.25, 0.3) is 5.91 Å². The Balaban J connectivity index is 2.37. The summed E-state index contributed by atoms with van der Waals surface area (Å²) in [7, 11) is 2.91. The zero-order valence-corrected chi connectivity index (χ0v) is 13.7. The van der Waals surface area contributed by atoms with Crippen molar-refractivity contribution in [3.05, 3.63) is 28.2 Å². The van der Waals surface area contributed by atoms with Crippen LogP contribution < -0.4 is 4.74 Å². The molecule has 2 rings (SSSR count). The predicted molar refractivity (Wildman–Crippen MR) is 81.8 cm³/mol. The van der Waals surface area contributed by atoms with Crippen molar-refractivity contribution in [2.24, 2.45) is 5.16 Å². The maximum absolute atomic E-state index is 12.3. The number of ether oxygens (including phenoxy) is 1. The van der Waals surface area contributed by atoms with Crippen LogP contribution in [-0.4, -0.2) is 48.4 Å². The Kier molecular flexibility index (Phi) is 5.02. The van der Waals surface area contributed by atoms with Gasteiger partial charge in [-0.1, -0.05) is 21.1 Å². The molecule has 0 saturated heterocycles. The van der Waals surface area contributed by atoms with Gasteiger partial charge in [0.15, 0.2) is 6.04 Å². The first kappa shape index (κ1) is 16.3. The van der Waals surface area contributed by atoms with Gasteiger partial charge < -0.3 is 19.6 Å². The monoisotopic (exact) mass is 370 g/mol. The fourth-order valence-electron chi connectivity index (χ4n) is 2.14. The van der Waals surface area contributed by atoms with E-state index in [-0.39, 0.29) is 5.71 Å². The first-order valence-corrected chi connectivity index (χ1v) is 7.27. The van der Waals surface area contributed by atoms with E-state index in [2.05, 4.69) is 21.1 Å². The average molecular weight is 371 g/mol.